The number of rotatable bonds is 10. The molecule has 0 saturated carbocycles. The van der Waals surface area contributed by atoms with E-state index in [4.69, 9.17) is 9.84 Å². The molecule has 0 fully saturated rings. The maximum absolute atomic E-state index is 12.3. The van der Waals surface area contributed by atoms with E-state index < -0.39 is 5.97 Å². The zero-order valence-corrected chi connectivity index (χ0v) is 22.0. The van der Waals surface area contributed by atoms with Gasteiger partial charge >= 0.3 is 5.97 Å². The summed E-state index contributed by atoms with van der Waals surface area (Å²) in [6.07, 6.45) is 1.53. The van der Waals surface area contributed by atoms with E-state index >= 15 is 0 Å². The standard InChI is InChI=1S/C29H35NO4S/c1-6-7-24(25-14-15-26(35-25)28(33)30-17-16-27(31)32)34-22-12-13-23(19(2)18-22)20-8-10-21(11-9-20)29(3,4)5/h8-15,18,24H,6-7,16-17H2,1-5H3,(H,30,33)(H,31,32). The SMILES string of the molecule is CCCC(Oc1ccc(-c2ccc(C(C)(C)C)cc2)c(C)c1)c1ccc(C(=O)NCCC(=O)O)s1. The lowest BCUT2D eigenvalue weighted by Gasteiger charge is -2.20. The molecule has 3 aromatic rings. The van der Waals surface area contributed by atoms with Crippen LogP contribution in [-0.2, 0) is 10.2 Å². The highest BCUT2D eigenvalue weighted by Crippen LogP contribution is 2.34. The third-order valence-corrected chi connectivity index (χ3v) is 7.06. The molecule has 35 heavy (non-hydrogen) atoms. The van der Waals surface area contributed by atoms with Crippen LogP contribution >= 0.6 is 11.3 Å². The van der Waals surface area contributed by atoms with Crippen LogP contribution in [0.4, 0.5) is 0 Å². The van der Waals surface area contributed by atoms with Crippen molar-refractivity contribution in [2.45, 2.75) is 65.4 Å². The molecule has 186 valence electrons. The zero-order valence-electron chi connectivity index (χ0n) is 21.2. The van der Waals surface area contributed by atoms with Crippen molar-refractivity contribution in [2.24, 2.45) is 0 Å². The molecule has 0 spiro atoms. The largest absolute Gasteiger partial charge is 0.485 e. The summed E-state index contributed by atoms with van der Waals surface area (Å²) in [5.41, 5.74) is 4.95. The highest BCUT2D eigenvalue weighted by Gasteiger charge is 2.19. The molecular weight excluding hydrogens is 458 g/mol. The minimum Gasteiger partial charge on any atom is -0.485 e. The van der Waals surface area contributed by atoms with E-state index in [0.29, 0.717) is 4.88 Å². The normalized spacial score (nSPS) is 12.3. The van der Waals surface area contributed by atoms with Crippen molar-refractivity contribution in [1.82, 2.24) is 5.32 Å². The van der Waals surface area contributed by atoms with Crippen molar-refractivity contribution in [3.8, 4) is 16.9 Å². The highest BCUT2D eigenvalue weighted by atomic mass is 32.1. The van der Waals surface area contributed by atoms with Crippen molar-refractivity contribution in [1.29, 1.82) is 0 Å². The molecule has 6 heteroatoms. The number of aryl methyl sites for hydroxylation is 1. The van der Waals surface area contributed by atoms with Crippen LogP contribution in [0.25, 0.3) is 11.1 Å². The summed E-state index contributed by atoms with van der Waals surface area (Å²) in [6.45, 7) is 11.0. The average molecular weight is 494 g/mol. The van der Waals surface area contributed by atoms with Crippen LogP contribution in [0, 0.1) is 6.92 Å². The number of hydrogen-bond acceptors (Lipinski definition) is 4. The summed E-state index contributed by atoms with van der Waals surface area (Å²) < 4.78 is 6.38. The molecule has 0 aliphatic heterocycles. The molecule has 0 aliphatic rings. The maximum Gasteiger partial charge on any atom is 0.305 e. The van der Waals surface area contributed by atoms with E-state index in [1.807, 2.05) is 12.1 Å². The zero-order chi connectivity index (χ0) is 25.6. The van der Waals surface area contributed by atoms with Gasteiger partial charge in [0.1, 0.15) is 11.9 Å². The Balaban J connectivity index is 1.73. The molecule has 5 nitrogen and oxygen atoms in total. The molecule has 3 rings (SSSR count). The van der Waals surface area contributed by atoms with Crippen LogP contribution in [0.1, 0.15) is 78.7 Å². The van der Waals surface area contributed by atoms with E-state index in [1.54, 1.807) is 6.07 Å². The molecule has 0 aliphatic carbocycles. The number of hydrogen-bond donors (Lipinski definition) is 2. The second kappa shape index (κ2) is 11.5. The number of thiophene rings is 1. The Morgan fingerprint density at radius 3 is 2.37 bits per heavy atom. The van der Waals surface area contributed by atoms with Gasteiger partial charge in [-0.1, -0.05) is 64.4 Å². The predicted octanol–water partition coefficient (Wildman–Crippen LogP) is 7.15. The van der Waals surface area contributed by atoms with Gasteiger partial charge in [0.05, 0.1) is 11.3 Å². The van der Waals surface area contributed by atoms with E-state index in [9.17, 15) is 9.59 Å². The predicted molar refractivity (Wildman–Crippen MR) is 142 cm³/mol. The summed E-state index contributed by atoms with van der Waals surface area (Å²) in [5.74, 6) is -0.385. The monoisotopic (exact) mass is 493 g/mol. The van der Waals surface area contributed by atoms with Crippen molar-refractivity contribution in [2.75, 3.05) is 6.54 Å². The van der Waals surface area contributed by atoms with Gasteiger partial charge in [0.25, 0.3) is 5.91 Å². The first kappa shape index (κ1) is 26.5. The third-order valence-electron chi connectivity index (χ3n) is 5.88. The number of ether oxygens (including phenoxy) is 1. The van der Waals surface area contributed by atoms with Crippen molar-refractivity contribution in [3.05, 3.63) is 75.5 Å². The number of nitrogens with one attached hydrogen (secondary N) is 1. The van der Waals surface area contributed by atoms with Gasteiger partial charge in [-0.15, -0.1) is 11.3 Å². The first-order valence-corrected chi connectivity index (χ1v) is 12.9. The van der Waals surface area contributed by atoms with Gasteiger partial charge < -0.3 is 15.2 Å². The lowest BCUT2D eigenvalue weighted by atomic mass is 9.86. The molecule has 1 amide bonds. The van der Waals surface area contributed by atoms with Gasteiger partial charge in [-0.2, -0.15) is 0 Å². The second-order valence-electron chi connectivity index (χ2n) is 9.80. The number of benzene rings is 2. The third kappa shape index (κ3) is 7.18. The lowest BCUT2D eigenvalue weighted by Crippen LogP contribution is -2.25. The van der Waals surface area contributed by atoms with E-state index in [1.165, 1.54) is 28.0 Å². The van der Waals surface area contributed by atoms with Gasteiger partial charge in [0, 0.05) is 11.4 Å². The summed E-state index contributed by atoms with van der Waals surface area (Å²) >= 11 is 1.39. The summed E-state index contributed by atoms with van der Waals surface area (Å²) in [5, 5.41) is 11.4. The second-order valence-corrected chi connectivity index (χ2v) is 10.9. The molecule has 2 N–H and O–H groups in total. The Bertz CT molecular complexity index is 1160. The molecule has 2 aromatic carbocycles. The number of carbonyl (C=O) groups is 2. The summed E-state index contributed by atoms with van der Waals surface area (Å²) in [4.78, 5) is 24.5. The van der Waals surface area contributed by atoms with E-state index in [-0.39, 0.29) is 30.4 Å². The first-order chi connectivity index (χ1) is 16.6. The van der Waals surface area contributed by atoms with Crippen LogP contribution < -0.4 is 10.1 Å². The fourth-order valence-corrected chi connectivity index (χ4v) is 4.88. The molecule has 0 saturated heterocycles. The molecule has 0 bridgehead atoms. The Morgan fingerprint density at radius 1 is 1.06 bits per heavy atom. The van der Waals surface area contributed by atoms with Crippen LogP contribution in [0.15, 0.2) is 54.6 Å². The molecule has 1 aromatic heterocycles. The maximum atomic E-state index is 12.3. The number of carbonyl (C=O) groups excluding carboxylic acids is 1. The van der Waals surface area contributed by atoms with Gasteiger partial charge in [0.2, 0.25) is 0 Å². The summed E-state index contributed by atoms with van der Waals surface area (Å²) in [7, 11) is 0. The van der Waals surface area contributed by atoms with Crippen LogP contribution in [0.5, 0.6) is 5.75 Å². The Kier molecular flexibility index (Phi) is 8.73. The number of amides is 1. The Hall–Kier alpha value is -3.12. The highest BCUT2D eigenvalue weighted by molar-refractivity contribution is 7.14. The van der Waals surface area contributed by atoms with Crippen molar-refractivity contribution >= 4 is 23.2 Å². The average Bonchev–Trinajstić information content (AvgIpc) is 3.29. The van der Waals surface area contributed by atoms with Crippen molar-refractivity contribution < 1.29 is 19.4 Å². The van der Waals surface area contributed by atoms with Gasteiger partial charge in [-0.3, -0.25) is 9.59 Å². The van der Waals surface area contributed by atoms with Crippen molar-refractivity contribution in [3.63, 3.8) is 0 Å². The van der Waals surface area contributed by atoms with Gasteiger partial charge in [-0.05, 0) is 65.3 Å². The van der Waals surface area contributed by atoms with Crippen LogP contribution in [0.3, 0.4) is 0 Å². The fraction of sp³-hybridized carbons (Fsp3) is 0.379. The molecule has 1 heterocycles. The molecule has 1 unspecified atom stereocenters. The molecular formula is C29H35NO4S. The molecule has 1 atom stereocenters. The van der Waals surface area contributed by atoms with E-state index in [2.05, 4.69) is 76.3 Å². The summed E-state index contributed by atoms with van der Waals surface area (Å²) in [6, 6.07) is 18.6. The van der Waals surface area contributed by atoms with E-state index in [0.717, 1.165) is 29.0 Å². The fourth-order valence-electron chi connectivity index (χ4n) is 3.89. The molecule has 0 radical (unpaired) electrons. The lowest BCUT2D eigenvalue weighted by molar-refractivity contribution is -0.136. The van der Waals surface area contributed by atoms with Crippen LogP contribution in [0.2, 0.25) is 0 Å². The quantitative estimate of drug-likeness (QED) is 0.315. The van der Waals surface area contributed by atoms with Gasteiger partial charge in [-0.25, -0.2) is 0 Å². The van der Waals surface area contributed by atoms with Crippen LogP contribution in [-0.4, -0.2) is 23.5 Å². The number of carboxylic acid groups (broad SMARTS) is 1. The topological polar surface area (TPSA) is 75.6 Å². The minimum atomic E-state index is -0.934. The van der Waals surface area contributed by atoms with Gasteiger partial charge in [0.15, 0.2) is 0 Å². The number of aliphatic carboxylic acids is 1. The number of carboxylic acids is 1. The Labute approximate surface area is 212 Å². The smallest absolute Gasteiger partial charge is 0.305 e. The minimum absolute atomic E-state index is 0.0956. The first-order valence-electron chi connectivity index (χ1n) is 12.1. The Morgan fingerprint density at radius 2 is 1.77 bits per heavy atom.